The minimum Gasteiger partial charge on any atom is -0.481 e. The summed E-state index contributed by atoms with van der Waals surface area (Å²) in [5, 5.41) is 15.4. The van der Waals surface area contributed by atoms with Gasteiger partial charge in [0.15, 0.2) is 0 Å². The number of hydrogen-bond acceptors (Lipinski definition) is 3. The summed E-state index contributed by atoms with van der Waals surface area (Å²) in [5.74, 6) is -0.919. The van der Waals surface area contributed by atoms with Crippen LogP contribution in [0.5, 0.6) is 0 Å². The van der Waals surface area contributed by atoms with Crippen molar-refractivity contribution < 1.29 is 14.7 Å². The molecule has 0 spiro atoms. The van der Waals surface area contributed by atoms with E-state index in [1.807, 2.05) is 20.2 Å². The van der Waals surface area contributed by atoms with Crippen LogP contribution in [0, 0.1) is 6.92 Å². The van der Waals surface area contributed by atoms with Gasteiger partial charge in [0.2, 0.25) is 0 Å². The minimum atomic E-state index is -0.919. The molecule has 0 aliphatic carbocycles. The molecule has 0 saturated carbocycles. The molecule has 0 radical (unpaired) electrons. The van der Waals surface area contributed by atoms with Crippen molar-refractivity contribution >= 4 is 12.0 Å². The van der Waals surface area contributed by atoms with E-state index in [-0.39, 0.29) is 19.0 Å². The van der Waals surface area contributed by atoms with Gasteiger partial charge in [-0.3, -0.25) is 9.48 Å². The molecule has 1 heterocycles. The summed E-state index contributed by atoms with van der Waals surface area (Å²) in [6, 6.07) is -0.292. The number of aryl methyl sites for hydroxylation is 2. The van der Waals surface area contributed by atoms with E-state index in [9.17, 15) is 9.59 Å². The van der Waals surface area contributed by atoms with Crippen molar-refractivity contribution in [3.8, 4) is 0 Å². The summed E-state index contributed by atoms with van der Waals surface area (Å²) in [6.45, 7) is 2.44. The lowest BCUT2D eigenvalue weighted by atomic mass is 10.3. The number of urea groups is 1. The van der Waals surface area contributed by atoms with Crippen LogP contribution in [0.3, 0.4) is 0 Å². The molecule has 1 aromatic heterocycles. The first-order valence-corrected chi connectivity index (χ1v) is 5.60. The molecule has 0 saturated heterocycles. The fraction of sp³-hybridized carbons (Fsp3) is 0.545. The second-order valence-electron chi connectivity index (χ2n) is 4.14. The van der Waals surface area contributed by atoms with E-state index in [1.54, 1.807) is 11.7 Å². The maximum atomic E-state index is 11.6. The molecular weight excluding hydrogens is 236 g/mol. The summed E-state index contributed by atoms with van der Waals surface area (Å²) in [4.78, 5) is 23.4. The van der Waals surface area contributed by atoms with Crippen LogP contribution in [0.2, 0.25) is 0 Å². The second-order valence-corrected chi connectivity index (χ2v) is 4.14. The topological polar surface area (TPSA) is 87.5 Å². The molecule has 0 fully saturated rings. The van der Waals surface area contributed by atoms with Gasteiger partial charge in [-0.25, -0.2) is 4.79 Å². The monoisotopic (exact) mass is 254 g/mol. The van der Waals surface area contributed by atoms with Crippen LogP contribution in [0.1, 0.15) is 17.7 Å². The van der Waals surface area contributed by atoms with Crippen LogP contribution in [0.15, 0.2) is 6.20 Å². The van der Waals surface area contributed by atoms with Crippen molar-refractivity contribution in [2.45, 2.75) is 19.9 Å². The van der Waals surface area contributed by atoms with Gasteiger partial charge in [0, 0.05) is 38.9 Å². The van der Waals surface area contributed by atoms with Gasteiger partial charge in [0.05, 0.1) is 12.1 Å². The molecule has 1 aromatic rings. The molecule has 0 atom stereocenters. The third-order valence-electron chi connectivity index (χ3n) is 2.55. The molecule has 0 aromatic carbocycles. The van der Waals surface area contributed by atoms with Crippen molar-refractivity contribution in [3.05, 3.63) is 17.5 Å². The Labute approximate surface area is 105 Å². The van der Waals surface area contributed by atoms with E-state index in [1.165, 1.54) is 4.90 Å². The Hall–Kier alpha value is -2.05. The predicted octanol–water partition coefficient (Wildman–Crippen LogP) is 0.345. The van der Waals surface area contributed by atoms with Crippen LogP contribution in [0.4, 0.5) is 4.79 Å². The zero-order valence-electron chi connectivity index (χ0n) is 10.8. The van der Waals surface area contributed by atoms with Crippen molar-refractivity contribution in [1.82, 2.24) is 20.0 Å². The number of aliphatic carboxylic acids is 1. The molecule has 0 aliphatic rings. The highest BCUT2D eigenvalue weighted by Crippen LogP contribution is 2.03. The quantitative estimate of drug-likeness (QED) is 0.793. The highest BCUT2D eigenvalue weighted by Gasteiger charge is 2.11. The minimum absolute atomic E-state index is 0.0597. The largest absolute Gasteiger partial charge is 0.481 e. The Balaban J connectivity index is 2.41. The average molecular weight is 254 g/mol. The Kier molecular flexibility index (Phi) is 4.70. The first-order valence-electron chi connectivity index (χ1n) is 5.60. The van der Waals surface area contributed by atoms with Crippen LogP contribution in [0.25, 0.3) is 0 Å². The molecule has 0 unspecified atom stereocenters. The van der Waals surface area contributed by atoms with Gasteiger partial charge in [-0.1, -0.05) is 0 Å². The summed E-state index contributed by atoms with van der Waals surface area (Å²) in [7, 11) is 3.38. The number of carbonyl (C=O) groups excluding carboxylic acids is 1. The fourth-order valence-electron chi connectivity index (χ4n) is 1.49. The maximum absolute atomic E-state index is 11.6. The molecule has 7 nitrogen and oxygen atoms in total. The highest BCUT2D eigenvalue weighted by molar-refractivity contribution is 5.75. The molecule has 0 bridgehead atoms. The molecule has 100 valence electrons. The van der Waals surface area contributed by atoms with Gasteiger partial charge in [0.25, 0.3) is 0 Å². The third kappa shape index (κ3) is 4.08. The first-order chi connectivity index (χ1) is 8.40. The average Bonchev–Trinajstić information content (AvgIpc) is 2.61. The molecule has 7 heteroatoms. The second kappa shape index (κ2) is 6.04. The highest BCUT2D eigenvalue weighted by atomic mass is 16.4. The SMILES string of the molecule is Cc1nn(C)cc1CNC(=O)N(C)CCC(=O)O. The summed E-state index contributed by atoms with van der Waals surface area (Å²) in [6.07, 6.45) is 1.78. The zero-order valence-corrected chi connectivity index (χ0v) is 10.8. The third-order valence-corrected chi connectivity index (χ3v) is 2.55. The number of nitrogens with zero attached hydrogens (tertiary/aromatic N) is 3. The van der Waals surface area contributed by atoms with Crippen molar-refractivity contribution in [1.29, 1.82) is 0 Å². The van der Waals surface area contributed by atoms with Crippen molar-refractivity contribution in [3.63, 3.8) is 0 Å². The first kappa shape index (κ1) is 14.0. The molecule has 1 rings (SSSR count). The summed E-state index contributed by atoms with van der Waals surface area (Å²) in [5.41, 5.74) is 1.81. The molecule has 2 N–H and O–H groups in total. The fourth-order valence-corrected chi connectivity index (χ4v) is 1.49. The number of rotatable bonds is 5. The number of hydrogen-bond donors (Lipinski definition) is 2. The number of carboxylic acids is 1. The Bertz CT molecular complexity index is 441. The van der Waals surface area contributed by atoms with Crippen molar-refractivity contribution in [2.24, 2.45) is 7.05 Å². The van der Waals surface area contributed by atoms with Gasteiger partial charge >= 0.3 is 12.0 Å². The zero-order chi connectivity index (χ0) is 13.7. The lowest BCUT2D eigenvalue weighted by molar-refractivity contribution is -0.137. The van der Waals surface area contributed by atoms with E-state index in [0.29, 0.717) is 6.54 Å². The smallest absolute Gasteiger partial charge is 0.317 e. The van der Waals surface area contributed by atoms with E-state index in [4.69, 9.17) is 5.11 Å². The van der Waals surface area contributed by atoms with Gasteiger partial charge < -0.3 is 15.3 Å². The Morgan fingerprint density at radius 1 is 1.56 bits per heavy atom. The van der Waals surface area contributed by atoms with Gasteiger partial charge in [-0.05, 0) is 6.92 Å². The Morgan fingerprint density at radius 3 is 2.72 bits per heavy atom. The predicted molar refractivity (Wildman–Crippen MR) is 65.1 cm³/mol. The lowest BCUT2D eigenvalue weighted by Crippen LogP contribution is -2.38. The maximum Gasteiger partial charge on any atom is 0.317 e. The van der Waals surface area contributed by atoms with Crippen LogP contribution >= 0.6 is 0 Å². The van der Waals surface area contributed by atoms with E-state index < -0.39 is 5.97 Å². The molecular formula is C11H18N4O3. The number of carboxylic acid groups (broad SMARTS) is 1. The lowest BCUT2D eigenvalue weighted by Gasteiger charge is -2.16. The number of carbonyl (C=O) groups is 2. The normalized spacial score (nSPS) is 10.2. The summed E-state index contributed by atoms with van der Waals surface area (Å²) < 4.78 is 1.69. The van der Waals surface area contributed by atoms with Gasteiger partial charge in [-0.2, -0.15) is 5.10 Å². The number of aromatic nitrogens is 2. The molecule has 2 amide bonds. The van der Waals surface area contributed by atoms with E-state index in [0.717, 1.165) is 11.3 Å². The summed E-state index contributed by atoms with van der Waals surface area (Å²) >= 11 is 0. The standard InChI is InChI=1S/C11H18N4O3/c1-8-9(7-15(3)13-8)6-12-11(18)14(2)5-4-10(16)17/h7H,4-6H2,1-3H3,(H,12,18)(H,16,17). The van der Waals surface area contributed by atoms with Gasteiger partial charge in [0.1, 0.15) is 0 Å². The van der Waals surface area contributed by atoms with Crippen LogP contribution in [-0.4, -0.2) is 45.4 Å². The number of amides is 2. The molecule has 18 heavy (non-hydrogen) atoms. The van der Waals surface area contributed by atoms with Gasteiger partial charge in [-0.15, -0.1) is 0 Å². The van der Waals surface area contributed by atoms with Crippen LogP contribution < -0.4 is 5.32 Å². The molecule has 0 aliphatic heterocycles. The van der Waals surface area contributed by atoms with E-state index in [2.05, 4.69) is 10.4 Å². The van der Waals surface area contributed by atoms with E-state index >= 15 is 0 Å². The van der Waals surface area contributed by atoms with Crippen LogP contribution in [-0.2, 0) is 18.4 Å². The van der Waals surface area contributed by atoms with Crippen molar-refractivity contribution in [2.75, 3.05) is 13.6 Å². The number of nitrogens with one attached hydrogen (secondary N) is 1. The Morgan fingerprint density at radius 2 is 2.22 bits per heavy atom.